The Hall–Kier alpha value is -2.30. The van der Waals surface area contributed by atoms with E-state index < -0.39 is 0 Å². The van der Waals surface area contributed by atoms with Crippen LogP contribution in [-0.4, -0.2) is 27.7 Å². The van der Waals surface area contributed by atoms with Crippen LogP contribution >= 0.6 is 12.2 Å². The van der Waals surface area contributed by atoms with Gasteiger partial charge in [0, 0.05) is 6.61 Å². The maximum Gasteiger partial charge on any atom is 0.216 e. The van der Waals surface area contributed by atoms with Gasteiger partial charge in [-0.05, 0) is 42.8 Å². The van der Waals surface area contributed by atoms with Crippen molar-refractivity contribution in [3.63, 3.8) is 0 Å². The van der Waals surface area contributed by atoms with Crippen LogP contribution in [0.4, 0.5) is 0 Å². The first-order valence-electron chi connectivity index (χ1n) is 6.61. The van der Waals surface area contributed by atoms with Crippen molar-refractivity contribution >= 4 is 18.4 Å². The van der Waals surface area contributed by atoms with Crippen LogP contribution in [0.1, 0.15) is 35.9 Å². The third-order valence-corrected chi connectivity index (χ3v) is 3.52. The second-order valence-electron chi connectivity index (χ2n) is 4.68. The lowest BCUT2D eigenvalue weighted by atomic mass is 10.2. The van der Waals surface area contributed by atoms with Crippen molar-refractivity contribution < 1.29 is 4.74 Å². The molecule has 21 heavy (non-hydrogen) atoms. The van der Waals surface area contributed by atoms with Crippen molar-refractivity contribution in [1.82, 2.24) is 14.9 Å². The van der Waals surface area contributed by atoms with Crippen LogP contribution in [0.2, 0.25) is 0 Å². The van der Waals surface area contributed by atoms with E-state index in [4.69, 9.17) is 22.2 Å². The number of ether oxygens (including phenoxy) is 1. The van der Waals surface area contributed by atoms with Gasteiger partial charge >= 0.3 is 0 Å². The number of hydrogen-bond donors (Lipinski definition) is 1. The minimum absolute atomic E-state index is 0.0592. The summed E-state index contributed by atoms with van der Waals surface area (Å²) in [6, 6.07) is 9.24. The molecule has 1 aromatic carbocycles. The molecule has 1 aliphatic heterocycles. The van der Waals surface area contributed by atoms with Gasteiger partial charge < -0.3 is 4.74 Å². The summed E-state index contributed by atoms with van der Waals surface area (Å²) >= 11 is 5.20. The fourth-order valence-corrected chi connectivity index (χ4v) is 2.36. The fourth-order valence-electron chi connectivity index (χ4n) is 2.17. The van der Waals surface area contributed by atoms with Gasteiger partial charge in [-0.1, -0.05) is 12.1 Å². The van der Waals surface area contributed by atoms with E-state index in [0.717, 1.165) is 25.0 Å². The SMILES string of the molecule is N#Cc1ccc(/C=N\n2c([C@@H]3CCCO3)n[nH]c2=S)cc1. The summed E-state index contributed by atoms with van der Waals surface area (Å²) in [4.78, 5) is 0. The standard InChI is InChI=1S/C14H13N5OS/c15-8-10-3-5-11(6-4-10)9-16-19-13(17-18-14(19)21)12-2-1-7-20-12/h3-6,9,12H,1-2,7H2,(H,18,21)/b16-9-/t12-/m0/s1. The molecule has 1 fully saturated rings. The fraction of sp³-hybridized carbons (Fsp3) is 0.286. The summed E-state index contributed by atoms with van der Waals surface area (Å²) in [5.74, 6) is 0.697. The molecular formula is C14H13N5OS. The van der Waals surface area contributed by atoms with Crippen LogP contribution in [-0.2, 0) is 4.74 Å². The van der Waals surface area contributed by atoms with E-state index in [1.807, 2.05) is 12.1 Å². The van der Waals surface area contributed by atoms with Crippen molar-refractivity contribution in [2.75, 3.05) is 6.61 Å². The maximum atomic E-state index is 8.77. The number of H-pyrrole nitrogens is 1. The molecule has 2 heterocycles. The Morgan fingerprint density at radius 2 is 2.29 bits per heavy atom. The third kappa shape index (κ3) is 2.91. The van der Waals surface area contributed by atoms with E-state index in [-0.39, 0.29) is 6.10 Å². The van der Waals surface area contributed by atoms with Crippen LogP contribution in [0, 0.1) is 16.1 Å². The van der Waals surface area contributed by atoms with Crippen LogP contribution in [0.25, 0.3) is 0 Å². The summed E-state index contributed by atoms with van der Waals surface area (Å²) in [5.41, 5.74) is 1.50. The van der Waals surface area contributed by atoms with Crippen molar-refractivity contribution in [3.8, 4) is 6.07 Å². The highest BCUT2D eigenvalue weighted by Gasteiger charge is 2.23. The normalized spacial score (nSPS) is 18.1. The van der Waals surface area contributed by atoms with Gasteiger partial charge in [0.25, 0.3) is 0 Å². The van der Waals surface area contributed by atoms with Crippen LogP contribution in [0.15, 0.2) is 29.4 Å². The number of benzene rings is 1. The van der Waals surface area contributed by atoms with Crippen LogP contribution < -0.4 is 0 Å². The summed E-state index contributed by atoms with van der Waals surface area (Å²) in [6.07, 6.45) is 3.57. The first kappa shape index (κ1) is 13.7. The average Bonchev–Trinajstić information content (AvgIpc) is 3.15. The van der Waals surface area contributed by atoms with Gasteiger partial charge in [0.2, 0.25) is 4.77 Å². The molecule has 1 N–H and O–H groups in total. The van der Waals surface area contributed by atoms with Crippen LogP contribution in [0.3, 0.4) is 0 Å². The Bertz CT molecular complexity index is 747. The highest BCUT2D eigenvalue weighted by Crippen LogP contribution is 2.26. The summed E-state index contributed by atoms with van der Waals surface area (Å²) in [5, 5.41) is 20.1. The molecule has 0 spiro atoms. The van der Waals surface area contributed by atoms with Gasteiger partial charge in [-0.15, -0.1) is 0 Å². The lowest BCUT2D eigenvalue weighted by molar-refractivity contribution is 0.102. The number of aromatic nitrogens is 3. The molecule has 1 aliphatic rings. The molecule has 0 unspecified atom stereocenters. The molecule has 1 atom stereocenters. The van der Waals surface area contributed by atoms with Gasteiger partial charge in [0.15, 0.2) is 5.82 Å². The monoisotopic (exact) mass is 299 g/mol. The molecule has 0 saturated carbocycles. The number of nitrogens with zero attached hydrogens (tertiary/aromatic N) is 4. The molecule has 0 amide bonds. The zero-order valence-electron chi connectivity index (χ0n) is 11.2. The topological polar surface area (TPSA) is 79.0 Å². The van der Waals surface area contributed by atoms with Gasteiger partial charge in [0.05, 0.1) is 17.8 Å². The third-order valence-electron chi connectivity index (χ3n) is 3.26. The summed E-state index contributed by atoms with van der Waals surface area (Å²) < 4.78 is 7.64. The van der Waals surface area contributed by atoms with Crippen molar-refractivity contribution in [3.05, 3.63) is 46.0 Å². The molecular weight excluding hydrogens is 286 g/mol. The molecule has 0 aliphatic carbocycles. The molecule has 7 heteroatoms. The second kappa shape index (κ2) is 5.99. The molecule has 1 saturated heterocycles. The minimum Gasteiger partial charge on any atom is -0.370 e. The van der Waals surface area contributed by atoms with Gasteiger partial charge in [-0.2, -0.15) is 20.1 Å². The summed E-state index contributed by atoms with van der Waals surface area (Å²) in [7, 11) is 0. The molecule has 3 rings (SSSR count). The molecule has 6 nitrogen and oxygen atoms in total. The lowest BCUT2D eigenvalue weighted by Gasteiger charge is -2.07. The quantitative estimate of drug-likeness (QED) is 0.697. The first-order valence-corrected chi connectivity index (χ1v) is 7.02. The first-order chi connectivity index (χ1) is 10.3. The zero-order valence-corrected chi connectivity index (χ0v) is 12.0. The predicted molar refractivity (Wildman–Crippen MR) is 79.5 cm³/mol. The van der Waals surface area contributed by atoms with Crippen molar-refractivity contribution in [1.29, 1.82) is 5.26 Å². The largest absolute Gasteiger partial charge is 0.370 e. The maximum absolute atomic E-state index is 8.77. The number of nitrogens with one attached hydrogen (secondary N) is 1. The van der Waals surface area contributed by atoms with E-state index in [1.54, 1.807) is 23.0 Å². The van der Waals surface area contributed by atoms with Gasteiger partial charge in [-0.3, -0.25) is 5.10 Å². The van der Waals surface area contributed by atoms with Crippen LogP contribution in [0.5, 0.6) is 0 Å². The van der Waals surface area contributed by atoms with Crippen molar-refractivity contribution in [2.45, 2.75) is 18.9 Å². The highest BCUT2D eigenvalue weighted by molar-refractivity contribution is 7.71. The Morgan fingerprint density at radius 1 is 1.48 bits per heavy atom. The molecule has 0 radical (unpaired) electrons. The zero-order chi connectivity index (χ0) is 14.7. The van der Waals surface area contributed by atoms with E-state index in [9.17, 15) is 0 Å². The molecule has 106 valence electrons. The van der Waals surface area contributed by atoms with Crippen molar-refractivity contribution in [2.24, 2.45) is 5.10 Å². The molecule has 0 bridgehead atoms. The smallest absolute Gasteiger partial charge is 0.216 e. The second-order valence-corrected chi connectivity index (χ2v) is 5.07. The number of hydrogen-bond acceptors (Lipinski definition) is 5. The highest BCUT2D eigenvalue weighted by atomic mass is 32.1. The number of rotatable bonds is 3. The molecule has 2 aromatic rings. The predicted octanol–water partition coefficient (Wildman–Crippen LogP) is 2.55. The number of aromatic amines is 1. The van der Waals surface area contributed by atoms with E-state index >= 15 is 0 Å². The Kier molecular flexibility index (Phi) is 3.90. The van der Waals surface area contributed by atoms with E-state index in [0.29, 0.717) is 16.2 Å². The summed E-state index contributed by atoms with van der Waals surface area (Å²) in [6.45, 7) is 0.740. The number of nitriles is 1. The Balaban J connectivity index is 1.86. The average molecular weight is 299 g/mol. The van der Waals surface area contributed by atoms with E-state index in [1.165, 1.54) is 0 Å². The van der Waals surface area contributed by atoms with Gasteiger partial charge in [-0.25, -0.2) is 0 Å². The van der Waals surface area contributed by atoms with Gasteiger partial charge in [0.1, 0.15) is 6.10 Å². The molecule has 1 aromatic heterocycles. The lowest BCUT2D eigenvalue weighted by Crippen LogP contribution is -2.05. The Labute approximate surface area is 126 Å². The van der Waals surface area contributed by atoms with E-state index in [2.05, 4.69) is 21.4 Å². The Morgan fingerprint density at radius 3 is 2.95 bits per heavy atom. The minimum atomic E-state index is -0.0592.